The molecule has 1 aromatic rings. The Morgan fingerprint density at radius 3 is 2.65 bits per heavy atom. The van der Waals surface area contributed by atoms with Gasteiger partial charge in [0.15, 0.2) is 5.96 Å². The number of hydrogen-bond acceptors (Lipinski definition) is 2. The number of nitrogens with one attached hydrogen (secondary N) is 1. The van der Waals surface area contributed by atoms with E-state index in [1.54, 1.807) is 13.1 Å². The van der Waals surface area contributed by atoms with Gasteiger partial charge in [0.25, 0.3) is 0 Å². The van der Waals surface area contributed by atoms with Crippen molar-refractivity contribution in [2.75, 3.05) is 33.2 Å². The number of benzene rings is 1. The summed E-state index contributed by atoms with van der Waals surface area (Å²) in [7, 11) is 1.72. The smallest absolute Gasteiger partial charge is 0.242 e. The lowest BCUT2D eigenvalue weighted by molar-refractivity contribution is -0.135. The fourth-order valence-electron chi connectivity index (χ4n) is 2.36. The van der Waals surface area contributed by atoms with Crippen molar-refractivity contribution in [3.8, 4) is 0 Å². The van der Waals surface area contributed by atoms with E-state index < -0.39 is 0 Å². The molecule has 0 spiro atoms. The van der Waals surface area contributed by atoms with Gasteiger partial charge in [-0.1, -0.05) is 29.8 Å². The maximum atomic E-state index is 12.3. The van der Waals surface area contributed by atoms with Crippen molar-refractivity contribution in [1.82, 2.24) is 15.1 Å². The molecule has 0 atom stereocenters. The number of halogens is 2. The Hall–Kier alpha value is -1.28. The van der Waals surface area contributed by atoms with E-state index in [-0.39, 0.29) is 29.9 Å². The van der Waals surface area contributed by atoms with E-state index in [2.05, 4.69) is 16.9 Å². The van der Waals surface area contributed by atoms with Crippen molar-refractivity contribution in [3.05, 3.63) is 47.5 Å². The molecule has 1 heterocycles. The molecule has 5 nitrogen and oxygen atoms in total. The van der Waals surface area contributed by atoms with Crippen LogP contribution in [0.2, 0.25) is 5.02 Å². The SMILES string of the molecule is C=CCNC(=NC)N1CCN(Cc2ccc(Cl)cc2)C(=O)C1.I. The molecule has 7 heteroatoms. The van der Waals surface area contributed by atoms with Crippen LogP contribution in [-0.4, -0.2) is 54.9 Å². The Morgan fingerprint density at radius 1 is 1.39 bits per heavy atom. The molecule has 1 saturated heterocycles. The maximum absolute atomic E-state index is 12.3. The number of hydrogen-bond donors (Lipinski definition) is 1. The molecular weight excluding hydrogens is 427 g/mol. The minimum absolute atomic E-state index is 0. The van der Waals surface area contributed by atoms with Crippen LogP contribution >= 0.6 is 35.6 Å². The zero-order valence-electron chi connectivity index (χ0n) is 13.2. The Bertz CT molecular complexity index is 562. The summed E-state index contributed by atoms with van der Waals surface area (Å²) < 4.78 is 0. The number of aliphatic imine (C=N–C) groups is 1. The normalized spacial score (nSPS) is 15.2. The Kier molecular flexibility index (Phi) is 8.40. The minimum atomic E-state index is 0. The van der Waals surface area contributed by atoms with E-state index in [1.807, 2.05) is 34.1 Å². The molecule has 1 N–H and O–H groups in total. The number of guanidine groups is 1. The molecule has 0 radical (unpaired) electrons. The first-order valence-corrected chi connectivity index (χ1v) is 7.60. The van der Waals surface area contributed by atoms with Gasteiger partial charge in [0.05, 0.1) is 6.54 Å². The van der Waals surface area contributed by atoms with Gasteiger partial charge < -0.3 is 15.1 Å². The van der Waals surface area contributed by atoms with Gasteiger partial charge in [0, 0.05) is 38.2 Å². The van der Waals surface area contributed by atoms with Crippen LogP contribution in [0.1, 0.15) is 5.56 Å². The lowest BCUT2D eigenvalue weighted by atomic mass is 10.2. The quantitative estimate of drug-likeness (QED) is 0.333. The fourth-order valence-corrected chi connectivity index (χ4v) is 2.49. The molecule has 0 aliphatic carbocycles. The Labute approximate surface area is 159 Å². The third-order valence-electron chi connectivity index (χ3n) is 3.52. The van der Waals surface area contributed by atoms with Crippen molar-refractivity contribution in [2.45, 2.75) is 6.54 Å². The van der Waals surface area contributed by atoms with E-state index in [9.17, 15) is 4.79 Å². The van der Waals surface area contributed by atoms with Gasteiger partial charge >= 0.3 is 0 Å². The molecule has 1 fully saturated rings. The molecule has 1 aromatic carbocycles. The third kappa shape index (κ3) is 5.69. The second-order valence-electron chi connectivity index (χ2n) is 5.08. The molecular formula is C16H22ClIN4O. The number of carbonyl (C=O) groups excluding carboxylic acids is 1. The van der Waals surface area contributed by atoms with Crippen LogP contribution in [0.25, 0.3) is 0 Å². The summed E-state index contributed by atoms with van der Waals surface area (Å²) in [6.45, 7) is 6.69. The first kappa shape index (κ1) is 19.8. The van der Waals surface area contributed by atoms with Gasteiger partial charge in [-0.05, 0) is 17.7 Å². The molecule has 2 rings (SSSR count). The monoisotopic (exact) mass is 448 g/mol. The first-order valence-electron chi connectivity index (χ1n) is 7.22. The summed E-state index contributed by atoms with van der Waals surface area (Å²) in [5.41, 5.74) is 1.08. The average molecular weight is 449 g/mol. The summed E-state index contributed by atoms with van der Waals surface area (Å²) in [6, 6.07) is 7.59. The molecule has 23 heavy (non-hydrogen) atoms. The second kappa shape index (κ2) is 9.77. The minimum Gasteiger partial charge on any atom is -0.353 e. The van der Waals surface area contributed by atoms with E-state index in [0.717, 1.165) is 18.1 Å². The van der Waals surface area contributed by atoms with Crippen molar-refractivity contribution in [1.29, 1.82) is 0 Å². The first-order chi connectivity index (χ1) is 10.6. The number of carbonyl (C=O) groups is 1. The van der Waals surface area contributed by atoms with Gasteiger partial charge in [-0.2, -0.15) is 0 Å². The highest BCUT2D eigenvalue weighted by Gasteiger charge is 2.25. The van der Waals surface area contributed by atoms with Gasteiger partial charge in [-0.15, -0.1) is 30.6 Å². The summed E-state index contributed by atoms with van der Waals surface area (Å²) in [4.78, 5) is 20.4. The van der Waals surface area contributed by atoms with Crippen LogP contribution in [0.4, 0.5) is 0 Å². The molecule has 1 aliphatic rings. The van der Waals surface area contributed by atoms with E-state index in [0.29, 0.717) is 31.2 Å². The van der Waals surface area contributed by atoms with Crippen LogP contribution in [0.15, 0.2) is 41.9 Å². The van der Waals surface area contributed by atoms with Crippen LogP contribution in [0.3, 0.4) is 0 Å². The summed E-state index contributed by atoms with van der Waals surface area (Å²) in [6.07, 6.45) is 1.77. The number of amides is 1. The number of rotatable bonds is 4. The van der Waals surface area contributed by atoms with Crippen molar-refractivity contribution in [2.24, 2.45) is 4.99 Å². The van der Waals surface area contributed by atoms with Gasteiger partial charge in [0.1, 0.15) is 0 Å². The fraction of sp³-hybridized carbons (Fsp3) is 0.375. The molecule has 0 aromatic heterocycles. The zero-order chi connectivity index (χ0) is 15.9. The molecule has 0 unspecified atom stereocenters. The van der Waals surface area contributed by atoms with Crippen molar-refractivity contribution in [3.63, 3.8) is 0 Å². The highest BCUT2D eigenvalue weighted by atomic mass is 127. The van der Waals surface area contributed by atoms with E-state index in [1.165, 1.54) is 0 Å². The highest BCUT2D eigenvalue weighted by Crippen LogP contribution is 2.13. The predicted octanol–water partition coefficient (Wildman–Crippen LogP) is 2.36. The average Bonchev–Trinajstić information content (AvgIpc) is 2.52. The van der Waals surface area contributed by atoms with Gasteiger partial charge in [0.2, 0.25) is 5.91 Å². The van der Waals surface area contributed by atoms with Crippen molar-refractivity contribution < 1.29 is 4.79 Å². The van der Waals surface area contributed by atoms with Gasteiger partial charge in [-0.25, -0.2) is 0 Å². The maximum Gasteiger partial charge on any atom is 0.242 e. The lowest BCUT2D eigenvalue weighted by Gasteiger charge is -2.36. The highest BCUT2D eigenvalue weighted by molar-refractivity contribution is 14.0. The molecule has 0 saturated carbocycles. The number of nitrogens with zero attached hydrogens (tertiary/aromatic N) is 3. The van der Waals surface area contributed by atoms with Gasteiger partial charge in [-0.3, -0.25) is 9.79 Å². The summed E-state index contributed by atoms with van der Waals surface area (Å²) in [5, 5.41) is 3.86. The van der Waals surface area contributed by atoms with E-state index in [4.69, 9.17) is 11.6 Å². The largest absolute Gasteiger partial charge is 0.353 e. The topological polar surface area (TPSA) is 47.9 Å². The Balaban J connectivity index is 0.00000264. The zero-order valence-corrected chi connectivity index (χ0v) is 16.3. The van der Waals surface area contributed by atoms with E-state index >= 15 is 0 Å². The molecule has 0 bridgehead atoms. The van der Waals surface area contributed by atoms with Crippen LogP contribution < -0.4 is 5.32 Å². The van der Waals surface area contributed by atoms with Crippen molar-refractivity contribution >= 4 is 47.4 Å². The summed E-state index contributed by atoms with van der Waals surface area (Å²) >= 11 is 5.88. The van der Waals surface area contributed by atoms with Crippen LogP contribution in [0, 0.1) is 0 Å². The summed E-state index contributed by atoms with van der Waals surface area (Å²) in [5.74, 6) is 0.835. The standard InChI is InChI=1S/C16H21ClN4O.HI/c1-3-8-19-16(18-2)21-10-9-20(15(22)12-21)11-13-4-6-14(17)7-5-13;/h3-7H,1,8-12H2,2H3,(H,18,19);1H. The lowest BCUT2D eigenvalue weighted by Crippen LogP contribution is -2.54. The molecule has 1 amide bonds. The second-order valence-corrected chi connectivity index (χ2v) is 5.52. The molecule has 126 valence electrons. The Morgan fingerprint density at radius 2 is 2.09 bits per heavy atom. The predicted molar refractivity (Wildman–Crippen MR) is 105 cm³/mol. The molecule has 1 aliphatic heterocycles. The van der Waals surface area contributed by atoms with Crippen LogP contribution in [-0.2, 0) is 11.3 Å². The third-order valence-corrected chi connectivity index (χ3v) is 3.77. The van der Waals surface area contributed by atoms with Crippen LogP contribution in [0.5, 0.6) is 0 Å². The number of piperazine rings is 1.